The number of aromatic carboxylic acids is 1. The highest BCUT2D eigenvalue weighted by Crippen LogP contribution is 2.42. The van der Waals surface area contributed by atoms with Crippen molar-refractivity contribution < 1.29 is 19.4 Å². The highest BCUT2D eigenvalue weighted by molar-refractivity contribution is 6.02. The number of nitrogens with one attached hydrogen (secondary N) is 2. The number of carboxylic acid groups (broad SMARTS) is 1. The number of imidazole rings is 1. The van der Waals surface area contributed by atoms with E-state index in [4.69, 9.17) is 9.84 Å². The summed E-state index contributed by atoms with van der Waals surface area (Å²) in [7, 11) is 1.64. The second kappa shape index (κ2) is 4.65. The number of carbonyl (C=O) groups excluding carboxylic acids is 1. The summed E-state index contributed by atoms with van der Waals surface area (Å²) in [6, 6.07) is -0.0525. The van der Waals surface area contributed by atoms with Gasteiger partial charge in [0.2, 0.25) is 0 Å². The van der Waals surface area contributed by atoms with Crippen LogP contribution in [0, 0.1) is 5.41 Å². The van der Waals surface area contributed by atoms with E-state index in [0.717, 1.165) is 0 Å². The number of hydrogen-bond donors (Lipinski definition) is 3. The van der Waals surface area contributed by atoms with Crippen LogP contribution in [0.15, 0.2) is 6.33 Å². The second-order valence-corrected chi connectivity index (χ2v) is 5.24. The number of nitrogens with zero attached hydrogens (tertiary/aromatic N) is 1. The van der Waals surface area contributed by atoms with E-state index in [2.05, 4.69) is 15.3 Å². The average molecular weight is 267 g/mol. The van der Waals surface area contributed by atoms with E-state index in [9.17, 15) is 9.59 Å². The molecule has 1 aromatic rings. The number of amides is 1. The van der Waals surface area contributed by atoms with Gasteiger partial charge in [-0.05, 0) is 6.42 Å². The van der Waals surface area contributed by atoms with Crippen LogP contribution in [-0.4, -0.2) is 46.2 Å². The fourth-order valence-corrected chi connectivity index (χ4v) is 2.39. The molecular formula is C12H17N3O4. The van der Waals surface area contributed by atoms with Gasteiger partial charge in [0, 0.05) is 18.6 Å². The average Bonchev–Trinajstić information content (AvgIpc) is 2.82. The monoisotopic (exact) mass is 267 g/mol. The maximum absolute atomic E-state index is 12.0. The molecule has 7 nitrogen and oxygen atoms in total. The first-order valence-corrected chi connectivity index (χ1v) is 5.98. The van der Waals surface area contributed by atoms with Crippen molar-refractivity contribution in [2.75, 3.05) is 7.11 Å². The van der Waals surface area contributed by atoms with Gasteiger partial charge in [0.05, 0.1) is 12.4 Å². The molecule has 0 spiro atoms. The Kier molecular flexibility index (Phi) is 3.32. The lowest BCUT2D eigenvalue weighted by Gasteiger charge is -2.51. The van der Waals surface area contributed by atoms with Crippen LogP contribution >= 0.6 is 0 Å². The molecule has 2 atom stereocenters. The number of hydrogen-bond acceptors (Lipinski definition) is 4. The third kappa shape index (κ3) is 2.21. The highest BCUT2D eigenvalue weighted by atomic mass is 16.5. The summed E-state index contributed by atoms with van der Waals surface area (Å²) in [4.78, 5) is 29.1. The summed E-state index contributed by atoms with van der Waals surface area (Å²) in [5.74, 6) is -1.68. The van der Waals surface area contributed by atoms with Crippen molar-refractivity contribution in [2.45, 2.75) is 32.4 Å². The summed E-state index contributed by atoms with van der Waals surface area (Å²) >= 11 is 0. The van der Waals surface area contributed by atoms with Gasteiger partial charge >= 0.3 is 5.97 Å². The van der Waals surface area contributed by atoms with Crippen molar-refractivity contribution in [1.82, 2.24) is 15.3 Å². The molecule has 1 heterocycles. The van der Waals surface area contributed by atoms with Gasteiger partial charge in [-0.1, -0.05) is 13.8 Å². The SMILES string of the molecule is COC1CC(NC(=O)c2nc[nH]c2C(=O)O)C1(C)C. The molecule has 1 saturated carbocycles. The van der Waals surface area contributed by atoms with Crippen molar-refractivity contribution >= 4 is 11.9 Å². The number of rotatable bonds is 4. The van der Waals surface area contributed by atoms with Crippen molar-refractivity contribution in [2.24, 2.45) is 5.41 Å². The molecule has 0 saturated heterocycles. The predicted molar refractivity (Wildman–Crippen MR) is 66.0 cm³/mol. The summed E-state index contributed by atoms with van der Waals surface area (Å²) < 4.78 is 5.30. The number of carbonyl (C=O) groups is 2. The number of aromatic amines is 1. The number of H-pyrrole nitrogens is 1. The topological polar surface area (TPSA) is 104 Å². The number of ether oxygens (including phenoxy) is 1. The number of carboxylic acids is 1. The smallest absolute Gasteiger partial charge is 0.354 e. The Hall–Kier alpha value is -1.89. The Morgan fingerprint density at radius 2 is 2.26 bits per heavy atom. The van der Waals surface area contributed by atoms with Gasteiger partial charge in [0.1, 0.15) is 0 Å². The fraction of sp³-hybridized carbons (Fsp3) is 0.583. The van der Waals surface area contributed by atoms with E-state index in [-0.39, 0.29) is 28.9 Å². The summed E-state index contributed by atoms with van der Waals surface area (Å²) in [6.45, 7) is 4.00. The van der Waals surface area contributed by atoms with Gasteiger partial charge in [-0.2, -0.15) is 0 Å². The van der Waals surface area contributed by atoms with Gasteiger partial charge in [0.25, 0.3) is 5.91 Å². The van der Waals surface area contributed by atoms with Crippen LogP contribution in [0.4, 0.5) is 0 Å². The molecule has 2 rings (SSSR count). The quantitative estimate of drug-likeness (QED) is 0.743. The molecule has 1 fully saturated rings. The zero-order chi connectivity index (χ0) is 14.2. The Labute approximate surface area is 110 Å². The van der Waals surface area contributed by atoms with Crippen LogP contribution in [-0.2, 0) is 4.74 Å². The van der Waals surface area contributed by atoms with Crippen molar-refractivity contribution in [3.05, 3.63) is 17.7 Å². The number of methoxy groups -OCH3 is 1. The molecule has 3 N–H and O–H groups in total. The Morgan fingerprint density at radius 3 is 2.79 bits per heavy atom. The predicted octanol–water partition coefficient (Wildman–Crippen LogP) is 0.651. The maximum Gasteiger partial charge on any atom is 0.354 e. The first-order chi connectivity index (χ1) is 8.87. The van der Waals surface area contributed by atoms with E-state index in [1.165, 1.54) is 6.33 Å². The first kappa shape index (κ1) is 13.5. The molecule has 0 aliphatic heterocycles. The zero-order valence-corrected chi connectivity index (χ0v) is 11.1. The minimum absolute atomic E-state index is 0.0525. The van der Waals surface area contributed by atoms with Gasteiger partial charge in [-0.25, -0.2) is 9.78 Å². The molecule has 0 bridgehead atoms. The molecule has 1 amide bonds. The van der Waals surface area contributed by atoms with Gasteiger partial charge < -0.3 is 20.1 Å². The molecular weight excluding hydrogens is 250 g/mol. The van der Waals surface area contributed by atoms with E-state index in [0.29, 0.717) is 6.42 Å². The lowest BCUT2D eigenvalue weighted by molar-refractivity contribution is -0.0942. The normalized spacial score (nSPS) is 24.6. The minimum atomic E-state index is -1.20. The van der Waals surface area contributed by atoms with Crippen LogP contribution in [0.5, 0.6) is 0 Å². The van der Waals surface area contributed by atoms with Crippen LogP contribution in [0.25, 0.3) is 0 Å². The van der Waals surface area contributed by atoms with Crippen LogP contribution in [0.2, 0.25) is 0 Å². The van der Waals surface area contributed by atoms with Crippen molar-refractivity contribution in [3.63, 3.8) is 0 Å². The van der Waals surface area contributed by atoms with Gasteiger partial charge in [-0.3, -0.25) is 4.79 Å². The summed E-state index contributed by atoms with van der Waals surface area (Å²) in [6.07, 6.45) is 2.00. The molecule has 1 aliphatic rings. The fourth-order valence-electron chi connectivity index (χ4n) is 2.39. The zero-order valence-electron chi connectivity index (χ0n) is 11.1. The number of aromatic nitrogens is 2. The third-order valence-corrected chi connectivity index (χ3v) is 3.84. The Balaban J connectivity index is 2.07. The van der Waals surface area contributed by atoms with E-state index >= 15 is 0 Å². The summed E-state index contributed by atoms with van der Waals surface area (Å²) in [5, 5.41) is 11.7. The van der Waals surface area contributed by atoms with E-state index in [1.54, 1.807) is 7.11 Å². The molecule has 7 heteroatoms. The maximum atomic E-state index is 12.0. The van der Waals surface area contributed by atoms with E-state index in [1.807, 2.05) is 13.8 Å². The third-order valence-electron chi connectivity index (χ3n) is 3.84. The summed E-state index contributed by atoms with van der Waals surface area (Å²) in [5.41, 5.74) is -0.466. The lowest BCUT2D eigenvalue weighted by Crippen LogP contribution is -2.61. The molecule has 1 aromatic heterocycles. The Bertz CT molecular complexity index is 509. The molecule has 0 radical (unpaired) electrons. The molecule has 2 unspecified atom stereocenters. The van der Waals surface area contributed by atoms with E-state index < -0.39 is 11.9 Å². The van der Waals surface area contributed by atoms with Gasteiger partial charge in [-0.15, -0.1) is 0 Å². The highest BCUT2D eigenvalue weighted by Gasteiger charge is 2.49. The van der Waals surface area contributed by atoms with Crippen LogP contribution in [0.1, 0.15) is 41.2 Å². The van der Waals surface area contributed by atoms with Gasteiger partial charge in [0.15, 0.2) is 11.4 Å². The Morgan fingerprint density at radius 1 is 1.58 bits per heavy atom. The standard InChI is InChI=1S/C12H17N3O4/c1-12(2)6(4-7(12)19-3)15-10(16)8-9(11(17)18)14-5-13-8/h5-7H,4H2,1-3H3,(H,13,14)(H,15,16)(H,17,18). The molecule has 1 aliphatic carbocycles. The van der Waals surface area contributed by atoms with Crippen molar-refractivity contribution in [1.29, 1.82) is 0 Å². The second-order valence-electron chi connectivity index (χ2n) is 5.24. The molecule has 19 heavy (non-hydrogen) atoms. The molecule has 104 valence electrons. The first-order valence-electron chi connectivity index (χ1n) is 5.98. The lowest BCUT2D eigenvalue weighted by atomic mass is 9.64. The van der Waals surface area contributed by atoms with Crippen LogP contribution in [0.3, 0.4) is 0 Å². The molecule has 0 aromatic carbocycles. The minimum Gasteiger partial charge on any atom is -0.477 e. The van der Waals surface area contributed by atoms with Crippen molar-refractivity contribution in [3.8, 4) is 0 Å². The largest absolute Gasteiger partial charge is 0.477 e. The van der Waals surface area contributed by atoms with Crippen LogP contribution < -0.4 is 5.32 Å².